The van der Waals surface area contributed by atoms with Crippen LogP contribution in [-0.4, -0.2) is 99.7 Å². The smallest absolute Gasteiger partial charge is 0.416 e. The lowest BCUT2D eigenvalue weighted by atomic mass is 9.98. The maximum atomic E-state index is 13.8. The van der Waals surface area contributed by atoms with Gasteiger partial charge in [0.15, 0.2) is 18.4 Å². The fourth-order valence-electron chi connectivity index (χ4n) is 5.90. The van der Waals surface area contributed by atoms with Crippen LogP contribution >= 0.6 is 0 Å². The molecule has 2 aliphatic rings. The van der Waals surface area contributed by atoms with Gasteiger partial charge in [0.1, 0.15) is 12.4 Å². The summed E-state index contributed by atoms with van der Waals surface area (Å²) in [5.41, 5.74) is -2.13. The number of carbonyl (C=O) groups is 1. The fraction of sp³-hybridized carbons (Fsp3) is 0.471. The van der Waals surface area contributed by atoms with E-state index >= 15 is 0 Å². The minimum atomic E-state index is -5.08. The lowest BCUT2D eigenvalue weighted by Gasteiger charge is -2.42. The second kappa shape index (κ2) is 15.6. The molecule has 0 saturated carbocycles. The quantitative estimate of drug-likeness (QED) is 0.136. The average Bonchev–Trinajstić information content (AvgIpc) is 3.07. The van der Waals surface area contributed by atoms with Gasteiger partial charge in [-0.2, -0.15) is 26.3 Å². The minimum Gasteiger partial charge on any atom is -0.488 e. The SMILES string of the molecule is COCCOCOc1cc(C[C@@H]2CN(CCN3CCOc4cccnc43)CCN2C(=O)c2cc(C(F)(F)F)cc(C(F)(F)F)c2)ccc1C. The molecular weight excluding hydrogens is 658 g/mol. The minimum absolute atomic E-state index is 0.0217. The Morgan fingerprint density at radius 3 is 2.43 bits per heavy atom. The maximum absolute atomic E-state index is 13.8. The predicted molar refractivity (Wildman–Crippen MR) is 168 cm³/mol. The Hall–Kier alpha value is -4.08. The summed E-state index contributed by atoms with van der Waals surface area (Å²) in [5.74, 6) is 1.06. The first kappa shape index (κ1) is 36.2. The van der Waals surface area contributed by atoms with E-state index in [-0.39, 0.29) is 25.8 Å². The molecule has 1 fully saturated rings. The van der Waals surface area contributed by atoms with E-state index in [1.54, 1.807) is 25.4 Å². The summed E-state index contributed by atoms with van der Waals surface area (Å²) in [6.07, 6.45) is -8.19. The van der Waals surface area contributed by atoms with Crippen molar-refractivity contribution in [1.29, 1.82) is 0 Å². The van der Waals surface area contributed by atoms with Crippen LogP contribution in [-0.2, 0) is 28.2 Å². The van der Waals surface area contributed by atoms with Gasteiger partial charge in [0.05, 0.1) is 30.9 Å². The molecule has 3 aromatic rings. The zero-order valence-corrected chi connectivity index (χ0v) is 27.1. The number of anilines is 1. The van der Waals surface area contributed by atoms with Crippen molar-refractivity contribution in [3.63, 3.8) is 0 Å². The van der Waals surface area contributed by atoms with Crippen molar-refractivity contribution >= 4 is 11.7 Å². The predicted octanol–water partition coefficient (Wildman–Crippen LogP) is 5.70. The van der Waals surface area contributed by atoms with Gasteiger partial charge in [0.2, 0.25) is 0 Å². The number of piperazine rings is 1. The van der Waals surface area contributed by atoms with Crippen molar-refractivity contribution in [2.45, 2.75) is 31.7 Å². The molecule has 0 N–H and O–H groups in total. The molecule has 0 bridgehead atoms. The summed E-state index contributed by atoms with van der Waals surface area (Å²) in [6, 6.07) is 9.58. The number of aromatic nitrogens is 1. The van der Waals surface area contributed by atoms with Gasteiger partial charge in [-0.25, -0.2) is 4.98 Å². The highest BCUT2D eigenvalue weighted by atomic mass is 19.4. The highest BCUT2D eigenvalue weighted by Crippen LogP contribution is 2.37. The molecule has 15 heteroatoms. The first-order chi connectivity index (χ1) is 23.3. The maximum Gasteiger partial charge on any atom is 0.416 e. The molecule has 2 aromatic carbocycles. The summed E-state index contributed by atoms with van der Waals surface area (Å²) in [4.78, 5) is 23.9. The van der Waals surface area contributed by atoms with Crippen LogP contribution in [0.4, 0.5) is 32.2 Å². The van der Waals surface area contributed by atoms with Gasteiger partial charge in [0, 0.05) is 57.6 Å². The number of ether oxygens (including phenoxy) is 4. The fourth-order valence-corrected chi connectivity index (χ4v) is 5.90. The van der Waals surface area contributed by atoms with Gasteiger partial charge in [-0.15, -0.1) is 0 Å². The zero-order chi connectivity index (χ0) is 35.2. The molecule has 3 heterocycles. The van der Waals surface area contributed by atoms with Gasteiger partial charge in [-0.05, 0) is 60.9 Å². The third kappa shape index (κ3) is 9.34. The summed E-state index contributed by atoms with van der Waals surface area (Å²) in [6.45, 7) is 5.68. The monoisotopic (exact) mass is 696 g/mol. The van der Waals surface area contributed by atoms with E-state index in [0.29, 0.717) is 76.2 Å². The standard InChI is InChI=1S/C34H38F6N4O5/c1-23-5-6-24(17-30(23)49-22-47-15-14-46-2)16-28-21-42(8-10-43-12-13-48-29-4-3-7-41-31(29)43)9-11-44(28)32(45)25-18-26(33(35,36)37)20-27(19-25)34(38,39)40/h3-7,17-20,28H,8-16,21-22H2,1-2H3/t28-/m1/s1. The number of hydrogen-bond acceptors (Lipinski definition) is 8. The Morgan fingerprint density at radius 1 is 0.959 bits per heavy atom. The summed E-state index contributed by atoms with van der Waals surface area (Å²) >= 11 is 0. The van der Waals surface area contributed by atoms with Crippen LogP contribution in [0, 0.1) is 6.92 Å². The topological polar surface area (TPSA) is 76.6 Å². The van der Waals surface area contributed by atoms with Gasteiger partial charge < -0.3 is 28.7 Å². The van der Waals surface area contributed by atoms with E-state index in [1.807, 2.05) is 25.1 Å². The molecule has 0 aliphatic carbocycles. The average molecular weight is 697 g/mol. The van der Waals surface area contributed by atoms with Crippen molar-refractivity contribution in [3.05, 3.63) is 82.5 Å². The molecule has 0 radical (unpaired) electrons. The van der Waals surface area contributed by atoms with Crippen molar-refractivity contribution in [3.8, 4) is 11.5 Å². The second-order valence-corrected chi connectivity index (χ2v) is 11.9. The third-order valence-corrected chi connectivity index (χ3v) is 8.47. The van der Waals surface area contributed by atoms with Gasteiger partial charge in [-0.3, -0.25) is 9.69 Å². The van der Waals surface area contributed by atoms with Crippen LogP contribution in [0.15, 0.2) is 54.7 Å². The van der Waals surface area contributed by atoms with Crippen molar-refractivity contribution in [1.82, 2.24) is 14.8 Å². The highest BCUT2D eigenvalue weighted by Gasteiger charge is 2.39. The molecule has 1 aromatic heterocycles. The molecule has 5 rings (SSSR count). The van der Waals surface area contributed by atoms with Gasteiger partial charge >= 0.3 is 12.4 Å². The summed E-state index contributed by atoms with van der Waals surface area (Å²) in [7, 11) is 1.55. The number of hydrogen-bond donors (Lipinski definition) is 0. The van der Waals surface area contributed by atoms with Crippen molar-refractivity contribution < 1.29 is 50.1 Å². The van der Waals surface area contributed by atoms with Crippen molar-refractivity contribution in [2.75, 3.05) is 77.9 Å². The highest BCUT2D eigenvalue weighted by molar-refractivity contribution is 5.95. The molecule has 2 aliphatic heterocycles. The molecule has 9 nitrogen and oxygen atoms in total. The summed E-state index contributed by atoms with van der Waals surface area (Å²) < 4.78 is 104. The number of fused-ring (bicyclic) bond motifs is 1. The van der Waals surface area contributed by atoms with E-state index in [1.165, 1.54) is 4.90 Å². The molecule has 1 saturated heterocycles. The number of alkyl halides is 6. The molecular formula is C34H38F6N4O5. The number of amides is 1. The van der Waals surface area contributed by atoms with E-state index in [4.69, 9.17) is 18.9 Å². The number of benzene rings is 2. The number of carbonyl (C=O) groups excluding carboxylic acids is 1. The largest absolute Gasteiger partial charge is 0.488 e. The third-order valence-electron chi connectivity index (χ3n) is 8.47. The van der Waals surface area contributed by atoms with Crippen LogP contribution in [0.3, 0.4) is 0 Å². The number of nitrogens with zero attached hydrogens (tertiary/aromatic N) is 4. The normalized spacial score (nSPS) is 17.1. The molecule has 1 amide bonds. The van der Waals surface area contributed by atoms with Crippen LogP contribution in [0.25, 0.3) is 0 Å². The van der Waals surface area contributed by atoms with E-state index in [2.05, 4.69) is 14.8 Å². The summed E-state index contributed by atoms with van der Waals surface area (Å²) in [5, 5.41) is 0. The van der Waals surface area contributed by atoms with E-state index < -0.39 is 41.0 Å². The van der Waals surface area contributed by atoms with Gasteiger partial charge in [-0.1, -0.05) is 12.1 Å². The van der Waals surface area contributed by atoms with E-state index in [9.17, 15) is 31.1 Å². The Bertz CT molecular complexity index is 1560. The molecule has 0 unspecified atom stereocenters. The lowest BCUT2D eigenvalue weighted by molar-refractivity contribution is -0.143. The van der Waals surface area contributed by atoms with Gasteiger partial charge in [0.25, 0.3) is 5.91 Å². The van der Waals surface area contributed by atoms with Crippen LogP contribution in [0.1, 0.15) is 32.6 Å². The number of aryl methyl sites for hydroxylation is 1. The van der Waals surface area contributed by atoms with E-state index in [0.717, 1.165) is 16.9 Å². The first-order valence-electron chi connectivity index (χ1n) is 15.8. The Balaban J connectivity index is 1.38. The number of pyridine rings is 1. The second-order valence-electron chi connectivity index (χ2n) is 11.9. The number of methoxy groups -OCH3 is 1. The first-order valence-corrected chi connectivity index (χ1v) is 15.8. The number of halogens is 6. The molecule has 49 heavy (non-hydrogen) atoms. The zero-order valence-electron chi connectivity index (χ0n) is 27.1. The van der Waals surface area contributed by atoms with Crippen LogP contribution < -0.4 is 14.4 Å². The van der Waals surface area contributed by atoms with Crippen LogP contribution in [0.2, 0.25) is 0 Å². The number of rotatable bonds is 12. The Kier molecular flexibility index (Phi) is 11.6. The Morgan fingerprint density at radius 2 is 1.71 bits per heavy atom. The molecule has 1 atom stereocenters. The lowest BCUT2D eigenvalue weighted by Crippen LogP contribution is -2.57. The van der Waals surface area contributed by atoms with Crippen LogP contribution in [0.5, 0.6) is 11.5 Å². The Labute approximate surface area is 280 Å². The molecule has 0 spiro atoms. The van der Waals surface area contributed by atoms with Crippen molar-refractivity contribution in [2.24, 2.45) is 0 Å². The molecule has 266 valence electrons.